The first-order valence-electron chi connectivity index (χ1n) is 10.2. The van der Waals surface area contributed by atoms with Crippen LogP contribution >= 0.6 is 0 Å². The molecule has 31 heavy (non-hydrogen) atoms. The van der Waals surface area contributed by atoms with Crippen LogP contribution in [0.5, 0.6) is 0 Å². The van der Waals surface area contributed by atoms with Crippen molar-refractivity contribution < 1.29 is 9.59 Å². The fourth-order valence-corrected chi connectivity index (χ4v) is 3.62. The molecule has 0 aliphatic carbocycles. The Bertz CT molecular complexity index is 1080. The minimum atomic E-state index is -0.232. The maximum Gasteiger partial charge on any atom is 0.260 e. The third-order valence-corrected chi connectivity index (χ3v) is 5.33. The van der Waals surface area contributed by atoms with E-state index in [4.69, 9.17) is 0 Å². The van der Waals surface area contributed by atoms with Gasteiger partial charge in [0.2, 0.25) is 0 Å². The molecule has 9 nitrogen and oxygen atoms in total. The molecule has 9 heteroatoms. The van der Waals surface area contributed by atoms with E-state index in [0.717, 1.165) is 17.9 Å². The van der Waals surface area contributed by atoms with Crippen LogP contribution in [0.3, 0.4) is 0 Å². The summed E-state index contributed by atoms with van der Waals surface area (Å²) < 4.78 is 1.87. The molecule has 0 bridgehead atoms. The lowest BCUT2D eigenvalue weighted by Gasteiger charge is -2.24. The summed E-state index contributed by atoms with van der Waals surface area (Å²) in [6.45, 7) is 1.25. The summed E-state index contributed by atoms with van der Waals surface area (Å²) >= 11 is 0. The number of aryl methyl sites for hydroxylation is 1. The van der Waals surface area contributed by atoms with Crippen molar-refractivity contribution in [2.45, 2.75) is 19.4 Å². The Balaban J connectivity index is 1.41. The Kier molecular flexibility index (Phi) is 5.92. The number of anilines is 2. The van der Waals surface area contributed by atoms with Gasteiger partial charge >= 0.3 is 0 Å². The van der Waals surface area contributed by atoms with E-state index < -0.39 is 0 Å². The highest BCUT2D eigenvalue weighted by atomic mass is 16.2. The molecule has 2 amide bonds. The van der Waals surface area contributed by atoms with Crippen LogP contribution < -0.4 is 15.5 Å². The summed E-state index contributed by atoms with van der Waals surface area (Å²) in [6, 6.07) is 8.97. The molecular formula is C22H25N7O2. The first-order valence-corrected chi connectivity index (χ1v) is 10.2. The van der Waals surface area contributed by atoms with E-state index in [1.54, 1.807) is 36.8 Å². The smallest absolute Gasteiger partial charge is 0.260 e. The van der Waals surface area contributed by atoms with Gasteiger partial charge < -0.3 is 15.5 Å². The molecule has 3 aromatic heterocycles. The topological polar surface area (TPSA) is 105 Å². The third kappa shape index (κ3) is 4.71. The van der Waals surface area contributed by atoms with Gasteiger partial charge in [0.15, 0.2) is 0 Å². The number of hydrogen-bond donors (Lipinski definition) is 2. The van der Waals surface area contributed by atoms with E-state index in [2.05, 4.69) is 25.7 Å². The standard InChI is InChI=1S/C22H25N7O2/c1-28(2)20-7-3-6-19(26-20)27-22(31)17-14-25-29-10-8-15(11-18(17)29)12-24-21(30)16-5-4-9-23-13-16/h3-7,9,13-15H,8,10-12H2,1-2H3,(H,24,30)(H,26,27,31)/t15-/m0/s1. The molecule has 1 aliphatic heterocycles. The van der Waals surface area contributed by atoms with Gasteiger partial charge in [-0.3, -0.25) is 19.3 Å². The molecule has 160 valence electrons. The van der Waals surface area contributed by atoms with Gasteiger partial charge in [0.1, 0.15) is 11.6 Å². The quantitative estimate of drug-likeness (QED) is 0.633. The molecule has 0 fully saturated rings. The molecule has 0 radical (unpaired) electrons. The number of amides is 2. The summed E-state index contributed by atoms with van der Waals surface area (Å²) in [5.74, 6) is 1.11. The van der Waals surface area contributed by atoms with E-state index in [1.165, 1.54) is 0 Å². The zero-order chi connectivity index (χ0) is 21.8. The maximum atomic E-state index is 12.9. The Labute approximate surface area is 180 Å². The number of nitrogens with one attached hydrogen (secondary N) is 2. The summed E-state index contributed by atoms with van der Waals surface area (Å²) in [4.78, 5) is 35.5. The van der Waals surface area contributed by atoms with Gasteiger partial charge in [0.25, 0.3) is 11.8 Å². The van der Waals surface area contributed by atoms with Gasteiger partial charge in [-0.05, 0) is 43.0 Å². The predicted molar refractivity (Wildman–Crippen MR) is 117 cm³/mol. The molecule has 4 rings (SSSR count). The van der Waals surface area contributed by atoms with Crippen LogP contribution in [0.25, 0.3) is 0 Å². The third-order valence-electron chi connectivity index (χ3n) is 5.33. The van der Waals surface area contributed by atoms with E-state index in [-0.39, 0.29) is 17.7 Å². The highest BCUT2D eigenvalue weighted by Gasteiger charge is 2.26. The van der Waals surface area contributed by atoms with Crippen molar-refractivity contribution in [3.05, 3.63) is 65.7 Å². The second-order valence-electron chi connectivity index (χ2n) is 7.77. The molecule has 0 saturated carbocycles. The van der Waals surface area contributed by atoms with Crippen molar-refractivity contribution in [1.29, 1.82) is 0 Å². The first kappa shape index (κ1) is 20.5. The predicted octanol–water partition coefficient (Wildman–Crippen LogP) is 1.98. The molecule has 0 saturated heterocycles. The molecule has 0 unspecified atom stereocenters. The fraction of sp³-hybridized carbons (Fsp3) is 0.318. The highest BCUT2D eigenvalue weighted by Crippen LogP contribution is 2.23. The Morgan fingerprint density at radius 1 is 1.16 bits per heavy atom. The molecule has 0 aromatic carbocycles. The highest BCUT2D eigenvalue weighted by molar-refractivity contribution is 6.04. The lowest BCUT2D eigenvalue weighted by molar-refractivity contribution is 0.0942. The number of nitrogens with zero attached hydrogens (tertiary/aromatic N) is 5. The molecule has 0 spiro atoms. The molecule has 1 aliphatic rings. The number of pyridine rings is 2. The zero-order valence-corrected chi connectivity index (χ0v) is 17.6. The van der Waals surface area contributed by atoms with Crippen LogP contribution in [-0.2, 0) is 13.0 Å². The second kappa shape index (κ2) is 8.95. The summed E-state index contributed by atoms with van der Waals surface area (Å²) in [5.41, 5.74) is 1.96. The van der Waals surface area contributed by atoms with Crippen LogP contribution in [0.1, 0.15) is 32.8 Å². The maximum absolute atomic E-state index is 12.9. The van der Waals surface area contributed by atoms with Gasteiger partial charge in [-0.25, -0.2) is 4.98 Å². The largest absolute Gasteiger partial charge is 0.363 e. The minimum Gasteiger partial charge on any atom is -0.363 e. The number of hydrogen-bond acceptors (Lipinski definition) is 6. The summed E-state index contributed by atoms with van der Waals surface area (Å²) in [5, 5.41) is 10.2. The molecule has 3 aromatic rings. The van der Waals surface area contributed by atoms with Crippen molar-refractivity contribution in [2.75, 3.05) is 30.9 Å². The van der Waals surface area contributed by atoms with Gasteiger partial charge in [-0.15, -0.1) is 0 Å². The number of fused-ring (bicyclic) bond motifs is 1. The average Bonchev–Trinajstić information content (AvgIpc) is 3.21. The van der Waals surface area contributed by atoms with Crippen molar-refractivity contribution in [1.82, 2.24) is 25.1 Å². The minimum absolute atomic E-state index is 0.142. The SMILES string of the molecule is CN(C)c1cccc(NC(=O)c2cnn3c2C[C@@H](CNC(=O)c2cccnc2)CC3)n1. The van der Waals surface area contributed by atoms with E-state index in [1.807, 2.05) is 35.8 Å². The summed E-state index contributed by atoms with van der Waals surface area (Å²) in [6.07, 6.45) is 6.35. The zero-order valence-electron chi connectivity index (χ0n) is 17.6. The number of carbonyl (C=O) groups excluding carboxylic acids is 2. The Morgan fingerprint density at radius 3 is 2.81 bits per heavy atom. The normalized spacial score (nSPS) is 15.1. The number of rotatable bonds is 6. The van der Waals surface area contributed by atoms with Crippen LogP contribution in [-0.4, -0.2) is 52.2 Å². The molecule has 4 heterocycles. The van der Waals surface area contributed by atoms with E-state index in [0.29, 0.717) is 36.5 Å². The van der Waals surface area contributed by atoms with Crippen molar-refractivity contribution >= 4 is 23.5 Å². The number of aromatic nitrogens is 4. The van der Waals surface area contributed by atoms with Crippen LogP contribution in [0.2, 0.25) is 0 Å². The second-order valence-corrected chi connectivity index (χ2v) is 7.77. The van der Waals surface area contributed by atoms with Crippen LogP contribution in [0, 0.1) is 5.92 Å². The van der Waals surface area contributed by atoms with Gasteiger partial charge in [0, 0.05) is 39.6 Å². The van der Waals surface area contributed by atoms with Gasteiger partial charge in [-0.1, -0.05) is 6.07 Å². The molecule has 2 N–H and O–H groups in total. The van der Waals surface area contributed by atoms with E-state index in [9.17, 15) is 9.59 Å². The average molecular weight is 419 g/mol. The van der Waals surface area contributed by atoms with Gasteiger partial charge in [0.05, 0.1) is 23.0 Å². The van der Waals surface area contributed by atoms with Gasteiger partial charge in [-0.2, -0.15) is 5.10 Å². The summed E-state index contributed by atoms with van der Waals surface area (Å²) in [7, 11) is 3.80. The lowest BCUT2D eigenvalue weighted by atomic mass is 9.94. The van der Waals surface area contributed by atoms with Crippen molar-refractivity contribution in [3.8, 4) is 0 Å². The lowest BCUT2D eigenvalue weighted by Crippen LogP contribution is -2.33. The van der Waals surface area contributed by atoms with Crippen LogP contribution in [0.15, 0.2) is 48.9 Å². The Morgan fingerprint density at radius 2 is 2.03 bits per heavy atom. The molecular weight excluding hydrogens is 394 g/mol. The van der Waals surface area contributed by atoms with Crippen LogP contribution in [0.4, 0.5) is 11.6 Å². The monoisotopic (exact) mass is 419 g/mol. The first-order chi connectivity index (χ1) is 15.0. The Hall–Kier alpha value is -3.75. The number of carbonyl (C=O) groups is 2. The fourth-order valence-electron chi connectivity index (χ4n) is 3.62. The van der Waals surface area contributed by atoms with Crippen molar-refractivity contribution in [2.24, 2.45) is 5.92 Å². The van der Waals surface area contributed by atoms with E-state index >= 15 is 0 Å². The van der Waals surface area contributed by atoms with Crippen molar-refractivity contribution in [3.63, 3.8) is 0 Å². The molecule has 1 atom stereocenters.